The SMILES string of the molecule is C=CCc1cc(C[NH+]2CCN(S(=O)(=O)c3c(C)noc3C)CC2)c(O)c(OC)c1. The van der Waals surface area contributed by atoms with Gasteiger partial charge in [-0.1, -0.05) is 11.2 Å². The first kappa shape index (κ1) is 21.4. The normalized spacial score (nSPS) is 16.1. The van der Waals surface area contributed by atoms with Crippen molar-refractivity contribution in [1.29, 1.82) is 0 Å². The lowest BCUT2D eigenvalue weighted by Crippen LogP contribution is -3.13. The zero-order valence-corrected chi connectivity index (χ0v) is 17.9. The van der Waals surface area contributed by atoms with E-state index in [1.54, 1.807) is 19.9 Å². The summed E-state index contributed by atoms with van der Waals surface area (Å²) in [5, 5.41) is 14.3. The van der Waals surface area contributed by atoms with Gasteiger partial charge in [-0.3, -0.25) is 0 Å². The summed E-state index contributed by atoms with van der Waals surface area (Å²) in [5.74, 6) is 0.894. The maximum absolute atomic E-state index is 13.0. The quantitative estimate of drug-likeness (QED) is 0.642. The lowest BCUT2D eigenvalue weighted by atomic mass is 10.1. The summed E-state index contributed by atoms with van der Waals surface area (Å²) in [6.07, 6.45) is 2.49. The molecule has 0 spiro atoms. The third kappa shape index (κ3) is 4.31. The first-order valence-corrected chi connectivity index (χ1v) is 11.0. The van der Waals surface area contributed by atoms with Crippen molar-refractivity contribution in [2.45, 2.75) is 31.7 Å². The molecular weight excluding hydrogens is 394 g/mol. The van der Waals surface area contributed by atoms with Crippen molar-refractivity contribution in [1.82, 2.24) is 9.46 Å². The molecule has 1 aliphatic heterocycles. The Morgan fingerprint density at radius 3 is 2.59 bits per heavy atom. The van der Waals surface area contributed by atoms with Gasteiger partial charge >= 0.3 is 0 Å². The Morgan fingerprint density at radius 2 is 2.03 bits per heavy atom. The number of hydrogen-bond donors (Lipinski definition) is 2. The number of aromatic nitrogens is 1. The van der Waals surface area contributed by atoms with Crippen LogP contribution >= 0.6 is 0 Å². The van der Waals surface area contributed by atoms with Crippen LogP contribution in [0.15, 0.2) is 34.2 Å². The van der Waals surface area contributed by atoms with Gasteiger partial charge in [-0.05, 0) is 38.0 Å². The molecule has 1 aromatic carbocycles. The highest BCUT2D eigenvalue weighted by molar-refractivity contribution is 7.89. The van der Waals surface area contributed by atoms with E-state index in [1.807, 2.05) is 12.1 Å². The second-order valence-corrected chi connectivity index (χ2v) is 9.16. The highest BCUT2D eigenvalue weighted by Gasteiger charge is 2.34. The van der Waals surface area contributed by atoms with Crippen LogP contribution in [0.25, 0.3) is 0 Å². The van der Waals surface area contributed by atoms with E-state index in [0.29, 0.717) is 56.3 Å². The number of allylic oxidation sites excluding steroid dienone is 1. The molecule has 1 aliphatic rings. The fraction of sp³-hybridized carbons (Fsp3) is 0.450. The summed E-state index contributed by atoms with van der Waals surface area (Å²) in [7, 11) is -2.10. The Labute approximate surface area is 171 Å². The van der Waals surface area contributed by atoms with Gasteiger partial charge in [0.25, 0.3) is 0 Å². The van der Waals surface area contributed by atoms with Gasteiger partial charge in [0.2, 0.25) is 10.0 Å². The Morgan fingerprint density at radius 1 is 1.34 bits per heavy atom. The average Bonchev–Trinajstić information content (AvgIpc) is 3.03. The molecule has 0 atom stereocenters. The average molecular weight is 423 g/mol. The Bertz CT molecular complexity index is 972. The van der Waals surface area contributed by atoms with Crippen molar-refractivity contribution < 1.29 is 27.7 Å². The minimum absolute atomic E-state index is 0.138. The predicted molar refractivity (Wildman–Crippen MR) is 108 cm³/mol. The van der Waals surface area contributed by atoms with Crippen LogP contribution < -0.4 is 9.64 Å². The third-order valence-electron chi connectivity index (χ3n) is 5.25. The number of sulfonamides is 1. The standard InChI is InChI=1S/C20H27N3O5S/c1-5-6-16-11-17(19(24)18(12-16)27-4)13-22-7-9-23(10-8-22)29(25,26)20-14(2)21-28-15(20)3/h5,11-12,24H,1,6-10,13H2,2-4H3/p+1. The summed E-state index contributed by atoms with van der Waals surface area (Å²) in [6.45, 7) is 9.66. The van der Waals surface area contributed by atoms with E-state index < -0.39 is 10.0 Å². The van der Waals surface area contributed by atoms with Crippen molar-refractivity contribution in [3.63, 3.8) is 0 Å². The molecule has 158 valence electrons. The van der Waals surface area contributed by atoms with Gasteiger partial charge < -0.3 is 19.3 Å². The summed E-state index contributed by atoms with van der Waals surface area (Å²) in [5.41, 5.74) is 2.19. The number of phenolic OH excluding ortho intramolecular Hbond substituents is 1. The number of rotatable bonds is 7. The molecule has 1 saturated heterocycles. The summed E-state index contributed by atoms with van der Waals surface area (Å²) in [4.78, 5) is 1.36. The molecule has 0 amide bonds. The number of quaternary nitrogens is 1. The maximum atomic E-state index is 13.0. The molecule has 2 aromatic rings. The largest absolute Gasteiger partial charge is 0.504 e. The molecule has 0 saturated carbocycles. The first-order chi connectivity index (χ1) is 13.8. The highest BCUT2D eigenvalue weighted by atomic mass is 32.2. The minimum atomic E-state index is -3.63. The number of ether oxygens (including phenoxy) is 1. The number of nitrogens with zero attached hydrogens (tertiary/aromatic N) is 2. The van der Waals surface area contributed by atoms with E-state index in [-0.39, 0.29) is 10.6 Å². The molecular formula is C20H28N3O5S+. The van der Waals surface area contributed by atoms with Crippen LogP contribution in [-0.4, -0.2) is 56.3 Å². The molecule has 2 N–H and O–H groups in total. The monoisotopic (exact) mass is 422 g/mol. The van der Waals surface area contributed by atoms with Crippen LogP contribution in [0.5, 0.6) is 11.5 Å². The van der Waals surface area contributed by atoms with Crippen LogP contribution in [0.1, 0.15) is 22.6 Å². The summed E-state index contributed by atoms with van der Waals surface area (Å²) >= 11 is 0. The lowest BCUT2D eigenvalue weighted by molar-refractivity contribution is -0.917. The van der Waals surface area contributed by atoms with Crippen LogP contribution in [0.2, 0.25) is 0 Å². The van der Waals surface area contributed by atoms with Crippen molar-refractivity contribution in [3.8, 4) is 11.5 Å². The number of methoxy groups -OCH3 is 1. The van der Waals surface area contributed by atoms with Gasteiger partial charge in [0, 0.05) is 0 Å². The molecule has 9 heteroatoms. The van der Waals surface area contributed by atoms with E-state index >= 15 is 0 Å². The number of hydrogen-bond acceptors (Lipinski definition) is 6. The van der Waals surface area contributed by atoms with E-state index in [9.17, 15) is 13.5 Å². The van der Waals surface area contributed by atoms with Crippen molar-refractivity contribution in [2.24, 2.45) is 0 Å². The van der Waals surface area contributed by atoms with Crippen molar-refractivity contribution in [3.05, 3.63) is 47.4 Å². The van der Waals surface area contributed by atoms with Gasteiger partial charge in [0.15, 0.2) is 17.3 Å². The molecule has 3 rings (SSSR count). The number of piperazine rings is 1. The van der Waals surface area contributed by atoms with E-state index in [4.69, 9.17) is 9.26 Å². The third-order valence-corrected chi connectivity index (χ3v) is 7.39. The molecule has 0 unspecified atom stereocenters. The van der Waals surface area contributed by atoms with Crippen LogP contribution in [-0.2, 0) is 23.0 Å². The highest BCUT2D eigenvalue weighted by Crippen LogP contribution is 2.31. The van der Waals surface area contributed by atoms with Gasteiger partial charge in [-0.2, -0.15) is 4.31 Å². The van der Waals surface area contributed by atoms with Crippen LogP contribution in [0.4, 0.5) is 0 Å². The summed E-state index contributed by atoms with van der Waals surface area (Å²) < 4.78 is 37.7. The van der Waals surface area contributed by atoms with E-state index in [2.05, 4.69) is 11.7 Å². The zero-order chi connectivity index (χ0) is 21.2. The molecule has 0 radical (unpaired) electrons. The molecule has 8 nitrogen and oxygen atoms in total. The number of phenols is 1. The van der Waals surface area contributed by atoms with Gasteiger partial charge in [0.05, 0.1) is 38.9 Å². The van der Waals surface area contributed by atoms with Gasteiger partial charge in [-0.15, -0.1) is 6.58 Å². The second-order valence-electron chi connectivity index (χ2n) is 7.28. The van der Waals surface area contributed by atoms with Gasteiger partial charge in [-0.25, -0.2) is 8.42 Å². The number of benzene rings is 1. The Kier molecular flexibility index (Phi) is 6.30. The van der Waals surface area contributed by atoms with E-state index in [0.717, 1.165) is 11.1 Å². The fourth-order valence-corrected chi connectivity index (χ4v) is 5.50. The summed E-state index contributed by atoms with van der Waals surface area (Å²) in [6, 6.07) is 3.77. The van der Waals surface area contributed by atoms with Crippen LogP contribution in [0.3, 0.4) is 0 Å². The fourth-order valence-electron chi connectivity index (χ4n) is 3.76. The molecule has 29 heavy (non-hydrogen) atoms. The molecule has 2 heterocycles. The zero-order valence-electron chi connectivity index (χ0n) is 17.1. The number of aryl methyl sites for hydroxylation is 2. The first-order valence-electron chi connectivity index (χ1n) is 9.54. The lowest BCUT2D eigenvalue weighted by Gasteiger charge is -2.31. The minimum Gasteiger partial charge on any atom is -0.504 e. The predicted octanol–water partition coefficient (Wildman–Crippen LogP) is 0.824. The number of aromatic hydroxyl groups is 1. The molecule has 1 aromatic heterocycles. The maximum Gasteiger partial charge on any atom is 0.248 e. The molecule has 0 bridgehead atoms. The second kappa shape index (κ2) is 8.56. The van der Waals surface area contributed by atoms with Crippen molar-refractivity contribution in [2.75, 3.05) is 33.3 Å². The van der Waals surface area contributed by atoms with Crippen molar-refractivity contribution >= 4 is 10.0 Å². The van der Waals surface area contributed by atoms with Gasteiger partial charge in [0.1, 0.15) is 17.1 Å². The topological polar surface area (TPSA) is 97.3 Å². The Balaban J connectivity index is 1.72. The molecule has 0 aliphatic carbocycles. The number of nitrogens with one attached hydrogen (secondary N) is 1. The van der Waals surface area contributed by atoms with Crippen LogP contribution in [0, 0.1) is 13.8 Å². The smallest absolute Gasteiger partial charge is 0.248 e. The molecule has 1 fully saturated rings. The Hall–Kier alpha value is -2.36. The van der Waals surface area contributed by atoms with E-state index in [1.165, 1.54) is 16.3 Å².